The van der Waals surface area contributed by atoms with Gasteiger partial charge in [0.15, 0.2) is 0 Å². The van der Waals surface area contributed by atoms with Gasteiger partial charge in [-0.05, 0) is 24.5 Å². The van der Waals surface area contributed by atoms with Crippen LogP contribution >= 0.6 is 0 Å². The zero-order chi connectivity index (χ0) is 11.8. The van der Waals surface area contributed by atoms with Crippen LogP contribution in [0.15, 0.2) is 18.5 Å². The Bertz CT molecular complexity index is 302. The third-order valence-electron chi connectivity index (χ3n) is 2.50. The van der Waals surface area contributed by atoms with E-state index >= 15 is 0 Å². The van der Waals surface area contributed by atoms with E-state index in [9.17, 15) is 0 Å². The van der Waals surface area contributed by atoms with Crippen LogP contribution in [-0.2, 0) is 0 Å². The number of ether oxygens (including phenoxy) is 1. The Balaban J connectivity index is 2.58. The minimum atomic E-state index is 0.0811. The molecule has 0 aliphatic heterocycles. The Hall–Kier alpha value is -1.09. The predicted molar refractivity (Wildman–Crippen MR) is 66.5 cm³/mol. The molecule has 0 aromatic carbocycles. The lowest BCUT2D eigenvalue weighted by Gasteiger charge is -2.12. The Morgan fingerprint density at radius 3 is 2.81 bits per heavy atom. The highest BCUT2D eigenvalue weighted by Gasteiger charge is 2.06. The minimum Gasteiger partial charge on any atom is -0.492 e. The maximum absolute atomic E-state index is 6.08. The summed E-state index contributed by atoms with van der Waals surface area (Å²) in [6.45, 7) is 4.99. The molecule has 0 spiro atoms. The van der Waals surface area contributed by atoms with Crippen LogP contribution in [0.3, 0.4) is 0 Å². The first-order valence-electron chi connectivity index (χ1n) is 6.11. The molecule has 0 bridgehead atoms. The molecular weight excluding hydrogens is 200 g/mol. The van der Waals surface area contributed by atoms with Crippen molar-refractivity contribution >= 4 is 0 Å². The van der Waals surface area contributed by atoms with Crippen LogP contribution in [0.2, 0.25) is 0 Å². The zero-order valence-electron chi connectivity index (χ0n) is 10.3. The number of aromatic nitrogens is 1. The van der Waals surface area contributed by atoms with Gasteiger partial charge in [0, 0.05) is 12.2 Å². The molecule has 2 N–H and O–H groups in total. The van der Waals surface area contributed by atoms with Crippen molar-refractivity contribution in [2.45, 2.75) is 45.6 Å². The van der Waals surface area contributed by atoms with Gasteiger partial charge in [-0.2, -0.15) is 0 Å². The van der Waals surface area contributed by atoms with Gasteiger partial charge in [-0.1, -0.05) is 26.7 Å². The molecule has 1 atom stereocenters. The van der Waals surface area contributed by atoms with Crippen LogP contribution in [0, 0.1) is 0 Å². The molecule has 90 valence electrons. The molecule has 0 saturated heterocycles. The van der Waals surface area contributed by atoms with E-state index < -0.39 is 0 Å². The third-order valence-corrected chi connectivity index (χ3v) is 2.50. The van der Waals surface area contributed by atoms with Crippen molar-refractivity contribution in [3.8, 4) is 5.75 Å². The van der Waals surface area contributed by atoms with Gasteiger partial charge in [-0.15, -0.1) is 0 Å². The second-order valence-corrected chi connectivity index (χ2v) is 4.05. The maximum Gasteiger partial charge on any atom is 0.137 e. The molecule has 1 heterocycles. The largest absolute Gasteiger partial charge is 0.492 e. The predicted octanol–water partition coefficient (Wildman–Crippen LogP) is 3.06. The van der Waals surface area contributed by atoms with E-state index in [1.807, 2.05) is 12.3 Å². The molecule has 1 aromatic heterocycles. The van der Waals surface area contributed by atoms with Gasteiger partial charge in [-0.3, -0.25) is 4.98 Å². The highest BCUT2D eigenvalue weighted by molar-refractivity contribution is 5.25. The number of pyridine rings is 1. The van der Waals surface area contributed by atoms with E-state index in [1.54, 1.807) is 6.20 Å². The molecule has 0 aliphatic carbocycles. The van der Waals surface area contributed by atoms with E-state index in [2.05, 4.69) is 18.8 Å². The topological polar surface area (TPSA) is 48.1 Å². The summed E-state index contributed by atoms with van der Waals surface area (Å²) in [6.07, 6.45) is 7.92. The first-order chi connectivity index (χ1) is 7.77. The van der Waals surface area contributed by atoms with Crippen molar-refractivity contribution in [3.05, 3.63) is 24.0 Å². The summed E-state index contributed by atoms with van der Waals surface area (Å²) in [6, 6.07) is 2.08. The first-order valence-corrected chi connectivity index (χ1v) is 6.11. The Kier molecular flexibility index (Phi) is 5.86. The number of nitrogens with zero attached hydrogens (tertiary/aromatic N) is 1. The second kappa shape index (κ2) is 7.23. The molecule has 0 fully saturated rings. The summed E-state index contributed by atoms with van der Waals surface area (Å²) in [5, 5.41) is 0. The number of hydrogen-bond acceptors (Lipinski definition) is 3. The van der Waals surface area contributed by atoms with Crippen molar-refractivity contribution in [2.24, 2.45) is 5.73 Å². The van der Waals surface area contributed by atoms with Gasteiger partial charge in [0.2, 0.25) is 0 Å². The van der Waals surface area contributed by atoms with Gasteiger partial charge < -0.3 is 10.5 Å². The average Bonchev–Trinajstić information content (AvgIpc) is 2.33. The second-order valence-electron chi connectivity index (χ2n) is 4.05. The van der Waals surface area contributed by atoms with Crippen LogP contribution in [0.5, 0.6) is 5.75 Å². The number of rotatable bonds is 7. The average molecular weight is 222 g/mol. The fraction of sp³-hybridized carbons (Fsp3) is 0.615. The summed E-state index contributed by atoms with van der Waals surface area (Å²) >= 11 is 0. The van der Waals surface area contributed by atoms with E-state index in [0.717, 1.165) is 37.2 Å². The Labute approximate surface area is 98.0 Å². The van der Waals surface area contributed by atoms with E-state index in [-0.39, 0.29) is 6.04 Å². The maximum atomic E-state index is 6.08. The first kappa shape index (κ1) is 13.0. The van der Waals surface area contributed by atoms with Crippen LogP contribution in [0.25, 0.3) is 0 Å². The van der Waals surface area contributed by atoms with Gasteiger partial charge in [0.1, 0.15) is 5.75 Å². The molecule has 0 saturated carbocycles. The molecular formula is C13H22N2O. The molecule has 3 heteroatoms. The number of hydrogen-bond donors (Lipinski definition) is 1. The SMILES string of the molecule is CCCCC(N)c1cncc(OCCC)c1. The fourth-order valence-electron chi connectivity index (χ4n) is 1.53. The Morgan fingerprint density at radius 1 is 1.31 bits per heavy atom. The van der Waals surface area contributed by atoms with Crippen molar-refractivity contribution in [1.29, 1.82) is 0 Å². The standard InChI is InChI=1S/C13H22N2O/c1-3-5-6-13(14)11-8-12(10-15-9-11)16-7-4-2/h8-10,13H,3-7,14H2,1-2H3. The lowest BCUT2D eigenvalue weighted by atomic mass is 10.0. The van der Waals surface area contributed by atoms with Crippen molar-refractivity contribution in [2.75, 3.05) is 6.61 Å². The molecule has 1 unspecified atom stereocenters. The third kappa shape index (κ3) is 4.19. The molecule has 0 radical (unpaired) electrons. The smallest absolute Gasteiger partial charge is 0.137 e. The monoisotopic (exact) mass is 222 g/mol. The van der Waals surface area contributed by atoms with Gasteiger partial charge >= 0.3 is 0 Å². The van der Waals surface area contributed by atoms with Crippen LogP contribution in [0.1, 0.15) is 51.1 Å². The molecule has 0 amide bonds. The lowest BCUT2D eigenvalue weighted by molar-refractivity contribution is 0.315. The lowest BCUT2D eigenvalue weighted by Crippen LogP contribution is -2.10. The summed E-state index contributed by atoms with van der Waals surface area (Å²) in [5.41, 5.74) is 7.15. The molecule has 0 aliphatic rings. The highest BCUT2D eigenvalue weighted by Crippen LogP contribution is 2.20. The van der Waals surface area contributed by atoms with E-state index in [1.165, 1.54) is 6.42 Å². The van der Waals surface area contributed by atoms with Gasteiger partial charge in [0.05, 0.1) is 12.8 Å². The van der Waals surface area contributed by atoms with Gasteiger partial charge in [0.25, 0.3) is 0 Å². The molecule has 1 aromatic rings. The minimum absolute atomic E-state index is 0.0811. The fourth-order valence-corrected chi connectivity index (χ4v) is 1.53. The summed E-state index contributed by atoms with van der Waals surface area (Å²) in [4.78, 5) is 4.16. The molecule has 16 heavy (non-hydrogen) atoms. The summed E-state index contributed by atoms with van der Waals surface area (Å²) in [5.74, 6) is 0.825. The van der Waals surface area contributed by atoms with Crippen molar-refractivity contribution < 1.29 is 4.74 Å². The van der Waals surface area contributed by atoms with E-state index in [0.29, 0.717) is 0 Å². The van der Waals surface area contributed by atoms with Crippen LogP contribution in [0.4, 0.5) is 0 Å². The molecule has 3 nitrogen and oxygen atoms in total. The number of unbranched alkanes of at least 4 members (excludes halogenated alkanes) is 1. The highest BCUT2D eigenvalue weighted by atomic mass is 16.5. The Morgan fingerprint density at radius 2 is 2.12 bits per heavy atom. The van der Waals surface area contributed by atoms with Crippen LogP contribution < -0.4 is 10.5 Å². The van der Waals surface area contributed by atoms with Crippen LogP contribution in [-0.4, -0.2) is 11.6 Å². The van der Waals surface area contributed by atoms with E-state index in [4.69, 9.17) is 10.5 Å². The summed E-state index contributed by atoms with van der Waals surface area (Å²) < 4.78 is 5.53. The normalized spacial score (nSPS) is 12.4. The molecule has 1 rings (SSSR count). The zero-order valence-corrected chi connectivity index (χ0v) is 10.3. The van der Waals surface area contributed by atoms with Crippen molar-refractivity contribution in [3.63, 3.8) is 0 Å². The summed E-state index contributed by atoms with van der Waals surface area (Å²) in [7, 11) is 0. The quantitative estimate of drug-likeness (QED) is 0.771. The van der Waals surface area contributed by atoms with Crippen molar-refractivity contribution in [1.82, 2.24) is 4.98 Å². The van der Waals surface area contributed by atoms with Gasteiger partial charge in [-0.25, -0.2) is 0 Å². The number of nitrogens with two attached hydrogens (primary N) is 1.